The van der Waals surface area contributed by atoms with Crippen molar-refractivity contribution in [1.29, 1.82) is 0 Å². The van der Waals surface area contributed by atoms with E-state index < -0.39 is 6.61 Å². The monoisotopic (exact) mass is 547 g/mol. The molecule has 2 N–H and O–H groups in total. The van der Waals surface area contributed by atoms with Gasteiger partial charge >= 0.3 is 6.61 Å². The van der Waals surface area contributed by atoms with E-state index in [4.69, 9.17) is 9.47 Å². The first-order valence-electron chi connectivity index (χ1n) is 9.34. The van der Waals surface area contributed by atoms with E-state index in [1.54, 1.807) is 45.5 Å². The van der Waals surface area contributed by atoms with Crippen molar-refractivity contribution >= 4 is 29.9 Å². The van der Waals surface area contributed by atoms with Gasteiger partial charge in [-0.1, -0.05) is 24.3 Å². The first-order valence-corrected chi connectivity index (χ1v) is 9.34. The Balaban J connectivity index is 0.00000480. The lowest BCUT2D eigenvalue weighted by atomic mass is 10.1. The van der Waals surface area contributed by atoms with Crippen molar-refractivity contribution in [1.82, 2.24) is 10.6 Å². The molecular formula is C22H28F2IN3O3. The number of halogens is 3. The summed E-state index contributed by atoms with van der Waals surface area (Å²) >= 11 is 0. The van der Waals surface area contributed by atoms with Crippen LogP contribution < -0.4 is 24.8 Å². The molecule has 170 valence electrons. The normalized spacial score (nSPS) is 10.8. The standard InChI is InChI=1S/C22H27F2N3O3.HI/c1-5-8-16-11-15(12-19(28-3)20(16)29-4)13-26-22(25-2)27-14-17-9-6-7-10-18(17)30-21(23)24;/h5-7,9-12,21H,1,8,13-14H2,2-4H3,(H2,25,26,27);1H. The zero-order valence-electron chi connectivity index (χ0n) is 17.8. The molecule has 0 radical (unpaired) electrons. The van der Waals surface area contributed by atoms with Crippen molar-refractivity contribution in [2.75, 3.05) is 21.3 Å². The summed E-state index contributed by atoms with van der Waals surface area (Å²) in [7, 11) is 4.82. The number of nitrogens with zero attached hydrogens (tertiary/aromatic N) is 1. The predicted molar refractivity (Wildman–Crippen MR) is 129 cm³/mol. The number of rotatable bonds is 10. The molecule has 0 saturated carbocycles. The highest BCUT2D eigenvalue weighted by Crippen LogP contribution is 2.33. The Morgan fingerprint density at radius 2 is 1.77 bits per heavy atom. The zero-order valence-corrected chi connectivity index (χ0v) is 20.1. The summed E-state index contributed by atoms with van der Waals surface area (Å²) in [5, 5.41) is 6.30. The molecule has 6 nitrogen and oxygen atoms in total. The zero-order chi connectivity index (χ0) is 21.9. The number of aliphatic imine (C=N–C) groups is 1. The van der Waals surface area contributed by atoms with Crippen LogP contribution in [0.2, 0.25) is 0 Å². The van der Waals surface area contributed by atoms with Crippen LogP contribution in [-0.2, 0) is 19.5 Å². The summed E-state index contributed by atoms with van der Waals surface area (Å²) in [6, 6.07) is 10.5. The van der Waals surface area contributed by atoms with Crippen molar-refractivity contribution < 1.29 is 23.0 Å². The molecule has 0 aromatic heterocycles. The van der Waals surface area contributed by atoms with Gasteiger partial charge in [0.15, 0.2) is 17.5 Å². The molecule has 2 rings (SSSR count). The molecule has 0 unspecified atom stereocenters. The molecule has 2 aromatic carbocycles. The predicted octanol–water partition coefficient (Wildman–Crippen LogP) is 4.52. The summed E-state index contributed by atoms with van der Waals surface area (Å²) in [5.74, 6) is 1.96. The topological polar surface area (TPSA) is 64.1 Å². The molecule has 0 amide bonds. The van der Waals surface area contributed by atoms with Gasteiger partial charge in [0.25, 0.3) is 0 Å². The van der Waals surface area contributed by atoms with E-state index >= 15 is 0 Å². The molecule has 0 spiro atoms. The van der Waals surface area contributed by atoms with Crippen LogP contribution >= 0.6 is 24.0 Å². The summed E-state index contributed by atoms with van der Waals surface area (Å²) in [4.78, 5) is 4.18. The van der Waals surface area contributed by atoms with E-state index in [1.165, 1.54) is 6.07 Å². The summed E-state index contributed by atoms with van der Waals surface area (Å²) < 4.78 is 40.6. The van der Waals surface area contributed by atoms with Crippen LogP contribution in [0.3, 0.4) is 0 Å². The number of benzene rings is 2. The maximum absolute atomic E-state index is 12.6. The van der Waals surface area contributed by atoms with Crippen molar-refractivity contribution in [3.05, 3.63) is 65.7 Å². The van der Waals surface area contributed by atoms with Gasteiger partial charge in [0.1, 0.15) is 5.75 Å². The fourth-order valence-electron chi connectivity index (χ4n) is 2.96. The van der Waals surface area contributed by atoms with Crippen molar-refractivity contribution in [3.63, 3.8) is 0 Å². The van der Waals surface area contributed by atoms with Gasteiger partial charge in [0.05, 0.1) is 14.2 Å². The molecule has 0 aliphatic heterocycles. The van der Waals surface area contributed by atoms with Crippen LogP contribution in [0.15, 0.2) is 54.0 Å². The third-order valence-corrected chi connectivity index (χ3v) is 4.30. The highest BCUT2D eigenvalue weighted by molar-refractivity contribution is 14.0. The fraction of sp³-hybridized carbons (Fsp3) is 0.318. The first-order chi connectivity index (χ1) is 14.5. The number of nitrogens with one attached hydrogen (secondary N) is 2. The van der Waals surface area contributed by atoms with Gasteiger partial charge < -0.3 is 24.8 Å². The van der Waals surface area contributed by atoms with Gasteiger partial charge in [-0.2, -0.15) is 8.78 Å². The smallest absolute Gasteiger partial charge is 0.387 e. The maximum Gasteiger partial charge on any atom is 0.387 e. The van der Waals surface area contributed by atoms with Gasteiger partial charge in [-0.25, -0.2) is 0 Å². The average molecular weight is 547 g/mol. The number of methoxy groups -OCH3 is 2. The SMILES string of the molecule is C=CCc1cc(CNC(=NC)NCc2ccccc2OC(F)F)cc(OC)c1OC.I. The van der Waals surface area contributed by atoms with Crippen LogP contribution in [0.1, 0.15) is 16.7 Å². The highest BCUT2D eigenvalue weighted by atomic mass is 127. The van der Waals surface area contributed by atoms with Crippen LogP contribution in [0.25, 0.3) is 0 Å². The molecule has 9 heteroatoms. The fourth-order valence-corrected chi connectivity index (χ4v) is 2.96. The molecule has 0 bridgehead atoms. The molecule has 0 aliphatic rings. The van der Waals surface area contributed by atoms with E-state index in [9.17, 15) is 8.78 Å². The second kappa shape index (κ2) is 13.7. The Bertz CT molecular complexity index is 879. The van der Waals surface area contributed by atoms with Crippen molar-refractivity contribution in [2.45, 2.75) is 26.1 Å². The van der Waals surface area contributed by atoms with Crippen LogP contribution in [0.4, 0.5) is 8.78 Å². The van der Waals surface area contributed by atoms with E-state index in [0.717, 1.165) is 11.1 Å². The van der Waals surface area contributed by atoms with Crippen LogP contribution in [-0.4, -0.2) is 33.8 Å². The van der Waals surface area contributed by atoms with E-state index in [-0.39, 0.29) is 36.3 Å². The third kappa shape index (κ3) is 7.89. The van der Waals surface area contributed by atoms with Crippen molar-refractivity contribution in [2.24, 2.45) is 4.99 Å². The van der Waals surface area contributed by atoms with Gasteiger partial charge in [0.2, 0.25) is 0 Å². The van der Waals surface area contributed by atoms with Crippen LogP contribution in [0.5, 0.6) is 17.2 Å². The molecular weight excluding hydrogens is 519 g/mol. The Kier molecular flexibility index (Phi) is 11.7. The van der Waals surface area contributed by atoms with Gasteiger partial charge in [-0.15, -0.1) is 30.6 Å². The Morgan fingerprint density at radius 1 is 1.06 bits per heavy atom. The number of ether oxygens (including phenoxy) is 3. The van der Waals surface area contributed by atoms with Crippen molar-refractivity contribution in [3.8, 4) is 17.2 Å². The number of hydrogen-bond acceptors (Lipinski definition) is 4. The van der Waals surface area contributed by atoms with E-state index in [0.29, 0.717) is 36.0 Å². The summed E-state index contributed by atoms with van der Waals surface area (Å²) in [6.45, 7) is 1.65. The number of para-hydroxylation sites is 1. The molecule has 2 aromatic rings. The van der Waals surface area contributed by atoms with E-state index in [1.807, 2.05) is 12.1 Å². The lowest BCUT2D eigenvalue weighted by molar-refractivity contribution is -0.0504. The molecule has 0 aliphatic carbocycles. The number of alkyl halides is 2. The highest BCUT2D eigenvalue weighted by Gasteiger charge is 2.13. The van der Waals surface area contributed by atoms with Gasteiger partial charge in [-0.3, -0.25) is 4.99 Å². The van der Waals surface area contributed by atoms with Crippen LogP contribution in [0, 0.1) is 0 Å². The average Bonchev–Trinajstić information content (AvgIpc) is 2.74. The largest absolute Gasteiger partial charge is 0.493 e. The lowest BCUT2D eigenvalue weighted by Crippen LogP contribution is -2.36. The molecule has 0 saturated heterocycles. The quantitative estimate of drug-likeness (QED) is 0.198. The molecule has 0 heterocycles. The number of hydrogen-bond donors (Lipinski definition) is 2. The Labute approximate surface area is 198 Å². The molecule has 0 atom stereocenters. The minimum Gasteiger partial charge on any atom is -0.493 e. The number of guanidine groups is 1. The second-order valence-electron chi connectivity index (χ2n) is 6.25. The molecule has 0 fully saturated rings. The Morgan fingerprint density at radius 3 is 2.39 bits per heavy atom. The molecule has 31 heavy (non-hydrogen) atoms. The minimum absolute atomic E-state index is 0. The maximum atomic E-state index is 12.6. The number of allylic oxidation sites excluding steroid dienone is 1. The first kappa shape index (κ1) is 26.5. The second-order valence-corrected chi connectivity index (χ2v) is 6.25. The Hall–Kier alpha value is -2.56. The third-order valence-electron chi connectivity index (χ3n) is 4.30. The van der Waals surface area contributed by atoms with E-state index in [2.05, 4.69) is 26.9 Å². The summed E-state index contributed by atoms with van der Waals surface area (Å²) in [5.41, 5.74) is 2.53. The minimum atomic E-state index is -2.88. The van der Waals surface area contributed by atoms with Gasteiger partial charge in [0, 0.05) is 31.3 Å². The summed E-state index contributed by atoms with van der Waals surface area (Å²) in [6.07, 6.45) is 2.44. The lowest BCUT2D eigenvalue weighted by Gasteiger charge is -2.17. The van der Waals surface area contributed by atoms with Gasteiger partial charge in [-0.05, 0) is 30.2 Å².